The predicted octanol–water partition coefficient (Wildman–Crippen LogP) is 2.66. The van der Waals surface area contributed by atoms with E-state index in [4.69, 9.17) is 11.6 Å². The number of fused-ring (bicyclic) bond motifs is 1. The van der Waals surface area contributed by atoms with Gasteiger partial charge in [0.15, 0.2) is 6.20 Å². The maximum atomic E-state index is 14.6. The van der Waals surface area contributed by atoms with Gasteiger partial charge in [-0.2, -0.15) is 4.57 Å². The Hall–Kier alpha value is -2.40. The van der Waals surface area contributed by atoms with E-state index >= 15 is 0 Å². The van der Waals surface area contributed by atoms with Crippen LogP contribution in [0.1, 0.15) is 11.1 Å². The van der Waals surface area contributed by atoms with Gasteiger partial charge in [0.2, 0.25) is 5.52 Å². The second-order valence-corrected chi connectivity index (χ2v) is 6.32. The molecule has 3 aromatic rings. The van der Waals surface area contributed by atoms with Gasteiger partial charge in [-0.25, -0.2) is 4.39 Å². The molecule has 4 nitrogen and oxygen atoms in total. The third-order valence-electron chi connectivity index (χ3n) is 4.35. The molecule has 1 aromatic carbocycles. The van der Waals surface area contributed by atoms with Crippen molar-refractivity contribution in [3.8, 4) is 0 Å². The molecule has 0 unspecified atom stereocenters. The molecule has 0 fully saturated rings. The first-order valence-corrected chi connectivity index (χ1v) is 8.21. The number of nitrogens with one attached hydrogen (secondary N) is 1. The van der Waals surface area contributed by atoms with Crippen LogP contribution in [0.15, 0.2) is 47.7 Å². The lowest BCUT2D eigenvalue weighted by Gasteiger charge is -2.11. The minimum absolute atomic E-state index is 0.309. The number of pyridine rings is 1. The van der Waals surface area contributed by atoms with Crippen molar-refractivity contribution in [2.45, 2.75) is 6.54 Å². The summed E-state index contributed by atoms with van der Waals surface area (Å²) < 4.78 is 18.7. The smallest absolute Gasteiger partial charge is 0.230 e. The lowest BCUT2D eigenvalue weighted by Crippen LogP contribution is -2.27. The molecule has 122 valence electrons. The molecule has 6 heteroatoms. The van der Waals surface area contributed by atoms with E-state index in [0.717, 1.165) is 17.6 Å². The fourth-order valence-electron chi connectivity index (χ4n) is 3.09. The van der Waals surface area contributed by atoms with Crippen LogP contribution in [-0.4, -0.2) is 23.5 Å². The van der Waals surface area contributed by atoms with Gasteiger partial charge in [0.25, 0.3) is 0 Å². The summed E-state index contributed by atoms with van der Waals surface area (Å²) in [6.07, 6.45) is 3.95. The molecule has 0 aliphatic carbocycles. The van der Waals surface area contributed by atoms with Gasteiger partial charge in [-0.3, -0.25) is 4.99 Å². The highest BCUT2D eigenvalue weighted by Crippen LogP contribution is 2.25. The first kappa shape index (κ1) is 15.1. The van der Waals surface area contributed by atoms with Crippen molar-refractivity contribution in [3.63, 3.8) is 0 Å². The minimum Gasteiger partial charge on any atom is -0.368 e. The average molecular weight is 344 g/mol. The number of hydrogen-bond donors (Lipinski definition) is 1. The van der Waals surface area contributed by atoms with Gasteiger partial charge in [0.1, 0.15) is 24.2 Å². The Kier molecular flexibility index (Phi) is 3.73. The molecule has 1 aliphatic heterocycles. The SMILES string of the molecule is C[n+]1cccc2c1ccn2Cc1c(F)cc(C2=NCCN2)cc1Cl. The number of hydrogen-bond acceptors (Lipinski definition) is 2. The van der Waals surface area contributed by atoms with E-state index in [9.17, 15) is 4.39 Å². The number of benzene rings is 1. The van der Waals surface area contributed by atoms with Gasteiger partial charge in [-0.15, -0.1) is 0 Å². The third-order valence-corrected chi connectivity index (χ3v) is 4.68. The van der Waals surface area contributed by atoms with Gasteiger partial charge in [-0.05, 0) is 18.2 Å². The van der Waals surface area contributed by atoms with Crippen LogP contribution in [0.3, 0.4) is 0 Å². The minimum atomic E-state index is -0.309. The predicted molar refractivity (Wildman–Crippen MR) is 93.0 cm³/mol. The number of halogens is 2. The van der Waals surface area contributed by atoms with E-state index < -0.39 is 0 Å². The van der Waals surface area contributed by atoms with Crippen LogP contribution in [0, 0.1) is 5.82 Å². The molecule has 0 spiro atoms. The standard InChI is InChI=1S/C18H17ClFN4/c1-23-7-2-3-17-16(23)4-8-24(17)11-13-14(19)9-12(10-15(13)20)18-21-5-6-22-18/h2-4,7-10H,5-6,11H2,1H3,(H,21,22)/q+1. The summed E-state index contributed by atoms with van der Waals surface area (Å²) in [6, 6.07) is 9.30. The van der Waals surface area contributed by atoms with Crippen LogP contribution in [0.2, 0.25) is 5.02 Å². The molecule has 1 aliphatic rings. The molecule has 1 N–H and O–H groups in total. The van der Waals surface area contributed by atoms with Crippen LogP contribution in [0.25, 0.3) is 11.0 Å². The first-order valence-electron chi connectivity index (χ1n) is 7.83. The first-order chi connectivity index (χ1) is 11.6. The Morgan fingerprint density at radius 1 is 1.38 bits per heavy atom. The summed E-state index contributed by atoms with van der Waals surface area (Å²) >= 11 is 6.37. The zero-order valence-electron chi connectivity index (χ0n) is 13.3. The fourth-order valence-corrected chi connectivity index (χ4v) is 3.35. The molecule has 2 aromatic heterocycles. The molecule has 0 bridgehead atoms. The van der Waals surface area contributed by atoms with E-state index in [1.165, 1.54) is 6.07 Å². The van der Waals surface area contributed by atoms with E-state index in [1.807, 2.05) is 46.8 Å². The Balaban J connectivity index is 1.72. The largest absolute Gasteiger partial charge is 0.368 e. The number of rotatable bonds is 3. The molecule has 0 saturated carbocycles. The Morgan fingerprint density at radius 3 is 3.00 bits per heavy atom. The van der Waals surface area contributed by atoms with Crippen LogP contribution in [0.5, 0.6) is 0 Å². The highest BCUT2D eigenvalue weighted by molar-refractivity contribution is 6.31. The number of aryl methyl sites for hydroxylation is 1. The molecule has 0 saturated heterocycles. The summed E-state index contributed by atoms with van der Waals surface area (Å²) in [6.45, 7) is 1.88. The van der Waals surface area contributed by atoms with Crippen molar-refractivity contribution < 1.29 is 8.96 Å². The summed E-state index contributed by atoms with van der Waals surface area (Å²) in [5.41, 5.74) is 3.32. The zero-order chi connectivity index (χ0) is 16.7. The molecule has 0 radical (unpaired) electrons. The molecule has 4 rings (SSSR count). The van der Waals surface area contributed by atoms with Crippen molar-refractivity contribution in [2.75, 3.05) is 13.1 Å². The molecular formula is C18H17ClFN4+. The number of nitrogens with zero attached hydrogens (tertiary/aromatic N) is 3. The van der Waals surface area contributed by atoms with Gasteiger partial charge in [0.05, 0.1) is 13.1 Å². The summed E-state index contributed by atoms with van der Waals surface area (Å²) in [4.78, 5) is 4.32. The van der Waals surface area contributed by atoms with Gasteiger partial charge in [-0.1, -0.05) is 11.6 Å². The molecule has 0 amide bonds. The van der Waals surface area contributed by atoms with Crippen molar-refractivity contribution in [2.24, 2.45) is 12.0 Å². The zero-order valence-corrected chi connectivity index (χ0v) is 14.0. The van der Waals surface area contributed by atoms with Gasteiger partial charge < -0.3 is 9.88 Å². The number of aromatic nitrogens is 2. The van der Waals surface area contributed by atoms with E-state index in [1.54, 1.807) is 6.07 Å². The normalized spacial score (nSPS) is 14.0. The van der Waals surface area contributed by atoms with E-state index in [2.05, 4.69) is 10.3 Å². The third kappa shape index (κ3) is 2.55. The van der Waals surface area contributed by atoms with Crippen LogP contribution < -0.4 is 9.88 Å². The summed E-state index contributed by atoms with van der Waals surface area (Å²) in [5.74, 6) is 0.400. The van der Waals surface area contributed by atoms with Crippen molar-refractivity contribution in [3.05, 3.63) is 64.7 Å². The Bertz CT molecular complexity index is 938. The maximum absolute atomic E-state index is 14.6. The highest BCUT2D eigenvalue weighted by Gasteiger charge is 2.17. The highest BCUT2D eigenvalue weighted by atomic mass is 35.5. The quantitative estimate of drug-likeness (QED) is 0.729. The lowest BCUT2D eigenvalue weighted by atomic mass is 10.1. The molecule has 0 atom stereocenters. The van der Waals surface area contributed by atoms with Crippen molar-refractivity contribution >= 4 is 28.5 Å². The lowest BCUT2D eigenvalue weighted by molar-refractivity contribution is -0.644. The summed E-state index contributed by atoms with van der Waals surface area (Å²) in [7, 11) is 1.99. The summed E-state index contributed by atoms with van der Waals surface area (Å²) in [5, 5.41) is 3.56. The number of amidine groups is 1. The van der Waals surface area contributed by atoms with Crippen LogP contribution in [-0.2, 0) is 13.6 Å². The Morgan fingerprint density at radius 2 is 2.25 bits per heavy atom. The second-order valence-electron chi connectivity index (χ2n) is 5.91. The monoisotopic (exact) mass is 343 g/mol. The van der Waals surface area contributed by atoms with Gasteiger partial charge >= 0.3 is 0 Å². The Labute approximate surface area is 144 Å². The van der Waals surface area contributed by atoms with Crippen molar-refractivity contribution in [1.82, 2.24) is 9.88 Å². The van der Waals surface area contributed by atoms with Gasteiger partial charge in [0, 0.05) is 41.0 Å². The second kappa shape index (κ2) is 5.91. The van der Waals surface area contributed by atoms with Crippen LogP contribution in [0.4, 0.5) is 4.39 Å². The molecule has 24 heavy (non-hydrogen) atoms. The van der Waals surface area contributed by atoms with Crippen molar-refractivity contribution in [1.29, 1.82) is 0 Å². The maximum Gasteiger partial charge on any atom is 0.230 e. The fraction of sp³-hybridized carbons (Fsp3) is 0.222. The van der Waals surface area contributed by atoms with Crippen LogP contribution >= 0.6 is 11.6 Å². The van der Waals surface area contributed by atoms with E-state index in [0.29, 0.717) is 35.1 Å². The van der Waals surface area contributed by atoms with E-state index in [-0.39, 0.29) is 5.82 Å². The molecular weight excluding hydrogens is 327 g/mol. The number of aliphatic imine (C=N–C) groups is 1. The topological polar surface area (TPSA) is 33.2 Å². The molecule has 3 heterocycles. The average Bonchev–Trinajstić information content (AvgIpc) is 3.21.